The van der Waals surface area contributed by atoms with Crippen LogP contribution in [0.2, 0.25) is 0 Å². The van der Waals surface area contributed by atoms with Gasteiger partial charge in [0.1, 0.15) is 5.75 Å². The number of aromatic hydroxyl groups is 1. The summed E-state index contributed by atoms with van der Waals surface area (Å²) < 4.78 is 0. The Kier molecular flexibility index (Phi) is 4.51. The van der Waals surface area contributed by atoms with Gasteiger partial charge in [0.15, 0.2) is 0 Å². The Labute approximate surface area is 138 Å². The minimum atomic E-state index is -0.0834. The van der Waals surface area contributed by atoms with Crippen LogP contribution in [-0.4, -0.2) is 29.3 Å². The summed E-state index contributed by atoms with van der Waals surface area (Å²) in [6.45, 7) is 1.15. The second-order valence-electron chi connectivity index (χ2n) is 6.41. The lowest BCUT2D eigenvalue weighted by Crippen LogP contribution is -2.71. The number of para-hydroxylation sites is 1. The maximum Gasteiger partial charge on any atom is 0.115 e. The van der Waals surface area contributed by atoms with Gasteiger partial charge in [0, 0.05) is 18.9 Å². The van der Waals surface area contributed by atoms with Gasteiger partial charge in [0.25, 0.3) is 0 Å². The third kappa shape index (κ3) is 3.31. The maximum atomic E-state index is 8.63. The average molecular weight is 308 g/mol. The molecule has 2 aliphatic rings. The summed E-state index contributed by atoms with van der Waals surface area (Å²) >= 11 is 0. The Bertz CT molecular complexity index is 669. The summed E-state index contributed by atoms with van der Waals surface area (Å²) in [6.07, 6.45) is 4.49. The fraction of sp³-hybridized carbons (Fsp3) is 0.300. The normalized spacial score (nSPS) is 26.2. The number of benzene rings is 2. The van der Waals surface area contributed by atoms with Crippen LogP contribution in [0, 0.1) is 5.92 Å². The largest absolute Gasteiger partial charge is 0.508 e. The first-order chi connectivity index (χ1) is 11.1. The SMILES string of the molecule is CN1CC2CC=C(c3ccccc3)CC21N.Oc1ccccc1. The van der Waals surface area contributed by atoms with Crippen molar-refractivity contribution in [3.63, 3.8) is 0 Å². The molecular formula is C20H24N2O. The third-order valence-corrected chi connectivity index (χ3v) is 4.94. The van der Waals surface area contributed by atoms with Crippen molar-refractivity contribution in [2.45, 2.75) is 18.5 Å². The molecule has 1 fully saturated rings. The molecule has 1 saturated heterocycles. The van der Waals surface area contributed by atoms with E-state index in [4.69, 9.17) is 10.8 Å². The van der Waals surface area contributed by atoms with E-state index >= 15 is 0 Å². The summed E-state index contributed by atoms with van der Waals surface area (Å²) in [4.78, 5) is 2.29. The van der Waals surface area contributed by atoms with E-state index in [1.807, 2.05) is 6.07 Å². The van der Waals surface area contributed by atoms with E-state index < -0.39 is 0 Å². The van der Waals surface area contributed by atoms with Gasteiger partial charge in [0.05, 0.1) is 5.66 Å². The molecule has 2 aromatic rings. The van der Waals surface area contributed by atoms with Crippen molar-refractivity contribution < 1.29 is 5.11 Å². The molecule has 0 radical (unpaired) electrons. The lowest BCUT2D eigenvalue weighted by atomic mass is 9.71. The lowest BCUT2D eigenvalue weighted by Gasteiger charge is -2.57. The Morgan fingerprint density at radius 1 is 1.04 bits per heavy atom. The van der Waals surface area contributed by atoms with Gasteiger partial charge in [-0.2, -0.15) is 0 Å². The van der Waals surface area contributed by atoms with Crippen LogP contribution in [0.25, 0.3) is 5.57 Å². The molecule has 0 bridgehead atoms. The molecule has 1 heterocycles. The van der Waals surface area contributed by atoms with Crippen LogP contribution in [0.4, 0.5) is 0 Å². The molecule has 3 nitrogen and oxygen atoms in total. The quantitative estimate of drug-likeness (QED) is 0.848. The molecule has 0 saturated carbocycles. The highest BCUT2D eigenvalue weighted by atomic mass is 16.3. The number of hydrogen-bond donors (Lipinski definition) is 2. The summed E-state index contributed by atoms with van der Waals surface area (Å²) in [5.74, 6) is 0.979. The molecular weight excluding hydrogens is 284 g/mol. The van der Waals surface area contributed by atoms with Crippen molar-refractivity contribution in [3.05, 3.63) is 72.3 Å². The number of allylic oxidation sites excluding steroid dienone is 1. The standard InChI is InChI=1S/C14H18N2.C6H6O/c1-16-10-13-8-7-12(9-14(13,16)15)11-5-3-2-4-6-11;7-6-4-2-1-3-5-6/h2-7,13H,8-10,15H2,1H3;1-5,7H. The first-order valence-corrected chi connectivity index (χ1v) is 8.08. The van der Waals surface area contributed by atoms with E-state index in [1.165, 1.54) is 11.1 Å². The second kappa shape index (κ2) is 6.57. The molecule has 2 unspecified atom stereocenters. The minimum absolute atomic E-state index is 0.0834. The zero-order valence-electron chi connectivity index (χ0n) is 13.5. The van der Waals surface area contributed by atoms with Crippen LogP contribution in [0.15, 0.2) is 66.7 Å². The van der Waals surface area contributed by atoms with Crippen molar-refractivity contribution in [2.75, 3.05) is 13.6 Å². The molecule has 3 N–H and O–H groups in total. The summed E-state index contributed by atoms with van der Waals surface area (Å²) in [7, 11) is 2.13. The van der Waals surface area contributed by atoms with E-state index in [2.05, 4.69) is 48.4 Å². The van der Waals surface area contributed by atoms with Crippen molar-refractivity contribution in [1.82, 2.24) is 4.90 Å². The second-order valence-corrected chi connectivity index (χ2v) is 6.41. The van der Waals surface area contributed by atoms with Crippen molar-refractivity contribution in [1.29, 1.82) is 0 Å². The van der Waals surface area contributed by atoms with E-state index in [0.717, 1.165) is 19.4 Å². The van der Waals surface area contributed by atoms with Gasteiger partial charge < -0.3 is 10.8 Å². The topological polar surface area (TPSA) is 49.5 Å². The number of nitrogens with two attached hydrogens (primary N) is 1. The van der Waals surface area contributed by atoms with Crippen LogP contribution in [0.1, 0.15) is 18.4 Å². The Morgan fingerprint density at radius 3 is 2.17 bits per heavy atom. The van der Waals surface area contributed by atoms with Gasteiger partial charge in [-0.1, -0.05) is 54.6 Å². The fourth-order valence-corrected chi connectivity index (χ4v) is 3.38. The third-order valence-electron chi connectivity index (χ3n) is 4.94. The molecule has 0 aromatic heterocycles. The monoisotopic (exact) mass is 308 g/mol. The highest BCUT2D eigenvalue weighted by Gasteiger charge is 2.49. The molecule has 2 aromatic carbocycles. The first kappa shape index (κ1) is 15.8. The van der Waals surface area contributed by atoms with E-state index in [-0.39, 0.29) is 5.66 Å². The highest BCUT2D eigenvalue weighted by molar-refractivity contribution is 5.67. The number of hydrogen-bond acceptors (Lipinski definition) is 3. The Balaban J connectivity index is 0.000000188. The molecule has 2 atom stereocenters. The Hall–Kier alpha value is -2.10. The smallest absolute Gasteiger partial charge is 0.115 e. The minimum Gasteiger partial charge on any atom is -0.508 e. The van der Waals surface area contributed by atoms with Crippen molar-refractivity contribution in [2.24, 2.45) is 11.7 Å². The zero-order valence-corrected chi connectivity index (χ0v) is 13.5. The van der Waals surface area contributed by atoms with Crippen molar-refractivity contribution in [3.8, 4) is 5.75 Å². The number of nitrogens with zero attached hydrogens (tertiary/aromatic N) is 1. The van der Waals surface area contributed by atoms with Crippen molar-refractivity contribution >= 4 is 5.57 Å². The lowest BCUT2D eigenvalue weighted by molar-refractivity contribution is -0.0565. The van der Waals surface area contributed by atoms with Crippen LogP contribution in [0.3, 0.4) is 0 Å². The molecule has 23 heavy (non-hydrogen) atoms. The molecule has 120 valence electrons. The van der Waals surface area contributed by atoms with Crippen LogP contribution < -0.4 is 5.73 Å². The average Bonchev–Trinajstić information content (AvgIpc) is 2.58. The van der Waals surface area contributed by atoms with Gasteiger partial charge in [-0.05, 0) is 36.7 Å². The van der Waals surface area contributed by atoms with Crippen LogP contribution in [0.5, 0.6) is 5.75 Å². The molecule has 3 heteroatoms. The number of fused-ring (bicyclic) bond motifs is 1. The molecule has 0 amide bonds. The first-order valence-electron chi connectivity index (χ1n) is 8.08. The number of phenolic OH excluding ortho intramolecular Hbond substituents is 1. The maximum absolute atomic E-state index is 8.63. The summed E-state index contributed by atoms with van der Waals surface area (Å²) in [5.41, 5.74) is 9.11. The van der Waals surface area contributed by atoms with Gasteiger partial charge in [-0.25, -0.2) is 0 Å². The fourth-order valence-electron chi connectivity index (χ4n) is 3.38. The van der Waals surface area contributed by atoms with E-state index in [9.17, 15) is 0 Å². The Morgan fingerprint density at radius 2 is 1.65 bits per heavy atom. The van der Waals surface area contributed by atoms with E-state index in [0.29, 0.717) is 11.7 Å². The highest BCUT2D eigenvalue weighted by Crippen LogP contribution is 2.44. The summed E-state index contributed by atoms with van der Waals surface area (Å²) in [6, 6.07) is 19.3. The predicted molar refractivity (Wildman–Crippen MR) is 94.8 cm³/mol. The van der Waals surface area contributed by atoms with Gasteiger partial charge >= 0.3 is 0 Å². The number of rotatable bonds is 1. The van der Waals surface area contributed by atoms with Gasteiger partial charge in [0.2, 0.25) is 0 Å². The predicted octanol–water partition coefficient (Wildman–Crippen LogP) is 3.47. The van der Waals surface area contributed by atoms with Crippen LogP contribution in [-0.2, 0) is 0 Å². The van der Waals surface area contributed by atoms with Gasteiger partial charge in [-0.15, -0.1) is 0 Å². The molecule has 0 spiro atoms. The van der Waals surface area contributed by atoms with E-state index in [1.54, 1.807) is 24.3 Å². The van der Waals surface area contributed by atoms with Gasteiger partial charge in [-0.3, -0.25) is 4.90 Å². The number of likely N-dealkylation sites (tertiary alicyclic amines) is 1. The zero-order chi connectivity index (χ0) is 16.3. The molecule has 1 aliphatic carbocycles. The molecule has 4 rings (SSSR count). The number of phenols is 1. The molecule has 1 aliphatic heterocycles. The van der Waals surface area contributed by atoms with Crippen LogP contribution >= 0.6 is 0 Å². The summed E-state index contributed by atoms with van der Waals surface area (Å²) in [5, 5.41) is 8.63.